The summed E-state index contributed by atoms with van der Waals surface area (Å²) in [5.74, 6) is 0.922. The molecular weight excluding hydrogens is 290 g/mol. The summed E-state index contributed by atoms with van der Waals surface area (Å²) in [6, 6.07) is 4.02. The average Bonchev–Trinajstić information content (AvgIpc) is 2.86. The molecule has 1 saturated heterocycles. The summed E-state index contributed by atoms with van der Waals surface area (Å²) >= 11 is 0. The lowest BCUT2D eigenvalue weighted by Gasteiger charge is -2.26. The molecule has 0 aromatic carbocycles. The number of aliphatic hydroxyl groups excluding tert-OH is 1. The first-order chi connectivity index (χ1) is 11.2. The van der Waals surface area contributed by atoms with E-state index in [1.165, 1.54) is 25.7 Å². The number of nitrogens with zero attached hydrogens (tertiary/aromatic N) is 2. The Hall–Kier alpha value is -1.62. The van der Waals surface area contributed by atoms with E-state index >= 15 is 0 Å². The van der Waals surface area contributed by atoms with E-state index < -0.39 is 0 Å². The van der Waals surface area contributed by atoms with Crippen molar-refractivity contribution in [1.82, 2.24) is 10.3 Å². The van der Waals surface area contributed by atoms with E-state index in [0.717, 1.165) is 44.6 Å². The number of pyridine rings is 1. The number of carbonyl (C=O) groups is 1. The van der Waals surface area contributed by atoms with Crippen LogP contribution in [0.25, 0.3) is 0 Å². The van der Waals surface area contributed by atoms with Crippen molar-refractivity contribution in [3.63, 3.8) is 0 Å². The van der Waals surface area contributed by atoms with E-state index in [-0.39, 0.29) is 18.1 Å². The van der Waals surface area contributed by atoms with Crippen molar-refractivity contribution in [1.29, 1.82) is 0 Å². The minimum atomic E-state index is -0.197. The number of aromatic nitrogens is 1. The fourth-order valence-corrected chi connectivity index (χ4v) is 3.50. The van der Waals surface area contributed by atoms with Gasteiger partial charge in [0.2, 0.25) is 0 Å². The Balaban J connectivity index is 1.56. The average molecular weight is 317 g/mol. The van der Waals surface area contributed by atoms with Crippen LogP contribution in [0.2, 0.25) is 0 Å². The summed E-state index contributed by atoms with van der Waals surface area (Å²) in [6.07, 6.45) is 9.78. The fraction of sp³-hybridized carbons (Fsp3) is 0.667. The third-order valence-corrected chi connectivity index (χ3v) is 4.97. The van der Waals surface area contributed by atoms with Crippen LogP contribution in [0.5, 0.6) is 0 Å². The zero-order valence-corrected chi connectivity index (χ0v) is 13.7. The Bertz CT molecular complexity index is 502. The predicted octanol–water partition coefficient (Wildman–Crippen LogP) is 2.50. The molecule has 2 fully saturated rings. The van der Waals surface area contributed by atoms with Gasteiger partial charge in [0.25, 0.3) is 5.91 Å². The van der Waals surface area contributed by atoms with Gasteiger partial charge in [-0.25, -0.2) is 4.98 Å². The Labute approximate surface area is 138 Å². The molecule has 1 saturated carbocycles. The van der Waals surface area contributed by atoms with Crippen molar-refractivity contribution >= 4 is 11.7 Å². The van der Waals surface area contributed by atoms with E-state index in [0.29, 0.717) is 5.56 Å². The Kier molecular flexibility index (Phi) is 5.49. The van der Waals surface area contributed by atoms with E-state index in [1.807, 2.05) is 12.1 Å². The molecule has 5 heteroatoms. The van der Waals surface area contributed by atoms with Crippen LogP contribution in [0.15, 0.2) is 18.3 Å². The first-order valence-electron chi connectivity index (χ1n) is 8.92. The van der Waals surface area contributed by atoms with Crippen molar-refractivity contribution < 1.29 is 9.90 Å². The Morgan fingerprint density at radius 1 is 1.09 bits per heavy atom. The summed E-state index contributed by atoms with van der Waals surface area (Å²) in [5, 5.41) is 12.6. The number of rotatable bonds is 3. The number of amides is 1. The number of anilines is 1. The second-order valence-electron chi connectivity index (χ2n) is 6.79. The lowest BCUT2D eigenvalue weighted by molar-refractivity contribution is 0.0867. The molecule has 2 heterocycles. The molecule has 23 heavy (non-hydrogen) atoms. The van der Waals surface area contributed by atoms with Crippen LogP contribution in [-0.4, -0.2) is 41.2 Å². The van der Waals surface area contributed by atoms with Crippen LogP contribution in [0, 0.1) is 0 Å². The molecule has 0 radical (unpaired) electrons. The molecule has 1 amide bonds. The van der Waals surface area contributed by atoms with Gasteiger partial charge in [0.1, 0.15) is 5.82 Å². The van der Waals surface area contributed by atoms with Gasteiger partial charge in [-0.15, -0.1) is 0 Å². The maximum atomic E-state index is 12.3. The topological polar surface area (TPSA) is 65.5 Å². The molecule has 1 aliphatic heterocycles. The normalized spacial score (nSPS) is 25.7. The van der Waals surface area contributed by atoms with Crippen molar-refractivity contribution in [3.8, 4) is 0 Å². The smallest absolute Gasteiger partial charge is 0.253 e. The highest BCUT2D eigenvalue weighted by Gasteiger charge is 2.21. The first-order valence-corrected chi connectivity index (χ1v) is 8.92. The zero-order chi connectivity index (χ0) is 16.1. The van der Waals surface area contributed by atoms with E-state index in [1.54, 1.807) is 6.20 Å². The highest BCUT2D eigenvalue weighted by Crippen LogP contribution is 2.20. The summed E-state index contributed by atoms with van der Waals surface area (Å²) in [5.41, 5.74) is 0.620. The van der Waals surface area contributed by atoms with Gasteiger partial charge in [-0.3, -0.25) is 4.79 Å². The monoisotopic (exact) mass is 317 g/mol. The van der Waals surface area contributed by atoms with Gasteiger partial charge in [-0.2, -0.15) is 0 Å². The van der Waals surface area contributed by atoms with Gasteiger partial charge in [0.05, 0.1) is 11.7 Å². The molecular formula is C18H27N3O2. The molecule has 1 aliphatic carbocycles. The molecule has 126 valence electrons. The lowest BCUT2D eigenvalue weighted by Crippen LogP contribution is -2.38. The molecule has 5 nitrogen and oxygen atoms in total. The van der Waals surface area contributed by atoms with Crippen LogP contribution in [-0.2, 0) is 0 Å². The molecule has 0 unspecified atom stereocenters. The maximum absolute atomic E-state index is 12.3. The van der Waals surface area contributed by atoms with Gasteiger partial charge in [0.15, 0.2) is 0 Å². The molecule has 0 atom stereocenters. The quantitative estimate of drug-likeness (QED) is 0.899. The number of nitrogens with one attached hydrogen (secondary N) is 1. The largest absolute Gasteiger partial charge is 0.393 e. The third kappa shape index (κ3) is 4.44. The minimum Gasteiger partial charge on any atom is -0.393 e. The lowest BCUT2D eigenvalue weighted by atomic mass is 9.93. The summed E-state index contributed by atoms with van der Waals surface area (Å²) in [4.78, 5) is 19.1. The SMILES string of the molecule is O=C(NC1CCC(O)CC1)c1ccc(N2CCCCCC2)nc1. The van der Waals surface area contributed by atoms with Crippen molar-refractivity contribution in [2.75, 3.05) is 18.0 Å². The molecule has 0 bridgehead atoms. The van der Waals surface area contributed by atoms with Crippen LogP contribution in [0.1, 0.15) is 61.7 Å². The standard InChI is InChI=1S/C18H27N3O2/c22-16-8-6-15(7-9-16)20-18(23)14-5-10-17(19-13-14)21-11-3-1-2-4-12-21/h5,10,13,15-16,22H,1-4,6-9,11-12H2,(H,20,23). The molecule has 1 aromatic heterocycles. The van der Waals surface area contributed by atoms with Crippen molar-refractivity contribution in [2.45, 2.75) is 63.5 Å². The number of hydrogen-bond donors (Lipinski definition) is 2. The molecule has 2 N–H and O–H groups in total. The van der Waals surface area contributed by atoms with E-state index in [4.69, 9.17) is 0 Å². The van der Waals surface area contributed by atoms with Gasteiger partial charge < -0.3 is 15.3 Å². The zero-order valence-electron chi connectivity index (χ0n) is 13.7. The molecule has 0 spiro atoms. The molecule has 2 aliphatic rings. The first kappa shape index (κ1) is 16.2. The fourth-order valence-electron chi connectivity index (χ4n) is 3.50. The summed E-state index contributed by atoms with van der Waals surface area (Å²) in [7, 11) is 0. The van der Waals surface area contributed by atoms with Crippen molar-refractivity contribution in [2.24, 2.45) is 0 Å². The van der Waals surface area contributed by atoms with Gasteiger partial charge in [-0.1, -0.05) is 12.8 Å². The van der Waals surface area contributed by atoms with Gasteiger partial charge >= 0.3 is 0 Å². The number of aliphatic hydroxyl groups is 1. The second-order valence-corrected chi connectivity index (χ2v) is 6.79. The van der Waals surface area contributed by atoms with Gasteiger partial charge in [-0.05, 0) is 50.7 Å². The summed E-state index contributed by atoms with van der Waals surface area (Å²) in [6.45, 7) is 2.12. The highest BCUT2D eigenvalue weighted by atomic mass is 16.3. The third-order valence-electron chi connectivity index (χ3n) is 4.97. The molecule has 1 aromatic rings. The Morgan fingerprint density at radius 2 is 1.78 bits per heavy atom. The van der Waals surface area contributed by atoms with Crippen molar-refractivity contribution in [3.05, 3.63) is 23.9 Å². The number of hydrogen-bond acceptors (Lipinski definition) is 4. The van der Waals surface area contributed by atoms with Gasteiger partial charge in [0, 0.05) is 25.3 Å². The highest BCUT2D eigenvalue weighted by molar-refractivity contribution is 5.94. The summed E-state index contributed by atoms with van der Waals surface area (Å²) < 4.78 is 0. The van der Waals surface area contributed by atoms with Crippen LogP contribution in [0.4, 0.5) is 5.82 Å². The Morgan fingerprint density at radius 3 is 2.39 bits per heavy atom. The van der Waals surface area contributed by atoms with E-state index in [9.17, 15) is 9.90 Å². The van der Waals surface area contributed by atoms with Crippen LogP contribution >= 0.6 is 0 Å². The van der Waals surface area contributed by atoms with Crippen LogP contribution in [0.3, 0.4) is 0 Å². The maximum Gasteiger partial charge on any atom is 0.253 e. The predicted molar refractivity (Wildman–Crippen MR) is 90.6 cm³/mol. The van der Waals surface area contributed by atoms with Crippen LogP contribution < -0.4 is 10.2 Å². The second kappa shape index (κ2) is 7.77. The molecule has 3 rings (SSSR count). The minimum absolute atomic E-state index is 0.0543. The number of carbonyl (C=O) groups excluding carboxylic acids is 1. The van der Waals surface area contributed by atoms with E-state index in [2.05, 4.69) is 15.2 Å².